The summed E-state index contributed by atoms with van der Waals surface area (Å²) in [6, 6.07) is 18.1. The van der Waals surface area contributed by atoms with Crippen molar-refractivity contribution < 1.29 is 24.1 Å². The summed E-state index contributed by atoms with van der Waals surface area (Å²) in [5.74, 6) is -1.23. The monoisotopic (exact) mass is 668 g/mol. The van der Waals surface area contributed by atoms with Crippen LogP contribution in [0, 0.1) is 11.3 Å². The molecule has 0 aliphatic heterocycles. The molecule has 5 aromatic rings. The van der Waals surface area contributed by atoms with Crippen molar-refractivity contribution in [3.05, 3.63) is 122 Å². The van der Waals surface area contributed by atoms with Gasteiger partial charge in [0, 0.05) is 17.7 Å². The van der Waals surface area contributed by atoms with E-state index in [0.29, 0.717) is 33.8 Å². The minimum Gasteiger partial charge on any atom is -0.497 e. The zero-order valence-electron chi connectivity index (χ0n) is 27.0. The summed E-state index contributed by atoms with van der Waals surface area (Å²) < 4.78 is 19.0. The van der Waals surface area contributed by atoms with Crippen molar-refractivity contribution in [1.29, 1.82) is 5.26 Å². The van der Waals surface area contributed by atoms with Crippen LogP contribution in [-0.4, -0.2) is 56.7 Å². The van der Waals surface area contributed by atoms with Gasteiger partial charge in [0.05, 0.1) is 51.4 Å². The summed E-state index contributed by atoms with van der Waals surface area (Å²) in [4.78, 5) is 34.6. The summed E-state index contributed by atoms with van der Waals surface area (Å²) >= 11 is 6.52. The first-order valence-corrected chi connectivity index (χ1v) is 15.3. The van der Waals surface area contributed by atoms with E-state index < -0.39 is 11.9 Å². The summed E-state index contributed by atoms with van der Waals surface area (Å²) in [7, 11) is 4.45. The maximum Gasteiger partial charge on any atom is 0.356 e. The van der Waals surface area contributed by atoms with Gasteiger partial charge in [-0.15, -0.1) is 0 Å². The summed E-state index contributed by atoms with van der Waals surface area (Å²) in [5, 5.41) is 24.6. The second-order valence-electron chi connectivity index (χ2n) is 11.2. The Hall–Kier alpha value is -5.67. The van der Waals surface area contributed by atoms with Gasteiger partial charge in [-0.2, -0.15) is 15.3 Å². The maximum absolute atomic E-state index is 13.1. The standard InChI is InChI=1S/C35H33ClN6O6/c1-20(2)31-29(30(34(44)45)40-42(31)28-17-38-35(48-5)39-32(28)47-4)26(24-10-6-21(16-37)7-11-24)14-23-15-27(36)33(43)41(19-23)18-22-8-12-25(46-3)13-9-22/h6-13,15,17,19-20,26H,14,18H2,1-5H3,(H,44,45). The third-order valence-corrected chi connectivity index (χ3v) is 8.14. The highest BCUT2D eigenvalue weighted by Crippen LogP contribution is 2.39. The van der Waals surface area contributed by atoms with Gasteiger partial charge < -0.3 is 23.9 Å². The number of ether oxygens (including phenoxy) is 3. The van der Waals surface area contributed by atoms with Crippen LogP contribution in [0.1, 0.15) is 69.7 Å². The van der Waals surface area contributed by atoms with E-state index in [2.05, 4.69) is 21.1 Å². The van der Waals surface area contributed by atoms with Crippen molar-refractivity contribution in [2.75, 3.05) is 21.3 Å². The second kappa shape index (κ2) is 14.4. The quantitative estimate of drug-likeness (QED) is 0.177. The number of hydrogen-bond donors (Lipinski definition) is 1. The van der Waals surface area contributed by atoms with Crippen molar-refractivity contribution >= 4 is 17.6 Å². The Morgan fingerprint density at radius 3 is 2.31 bits per heavy atom. The number of carboxylic acids is 1. The van der Waals surface area contributed by atoms with Gasteiger partial charge in [-0.05, 0) is 59.4 Å². The molecule has 3 heterocycles. The lowest BCUT2D eigenvalue weighted by atomic mass is 9.82. The van der Waals surface area contributed by atoms with E-state index in [-0.39, 0.29) is 47.0 Å². The molecule has 2 aromatic carbocycles. The number of carbonyl (C=O) groups is 1. The third kappa shape index (κ3) is 6.86. The highest BCUT2D eigenvalue weighted by Gasteiger charge is 2.33. The summed E-state index contributed by atoms with van der Waals surface area (Å²) in [5.41, 5.74) is 3.56. The number of rotatable bonds is 12. The Morgan fingerprint density at radius 1 is 1.02 bits per heavy atom. The first kappa shape index (κ1) is 33.7. The smallest absolute Gasteiger partial charge is 0.356 e. The van der Waals surface area contributed by atoms with Crippen molar-refractivity contribution in [2.45, 2.75) is 38.6 Å². The van der Waals surface area contributed by atoms with Crippen molar-refractivity contribution in [3.63, 3.8) is 0 Å². The molecular weight excluding hydrogens is 636 g/mol. The van der Waals surface area contributed by atoms with Gasteiger partial charge in [0.25, 0.3) is 5.56 Å². The number of pyridine rings is 1. The molecule has 5 rings (SSSR count). The van der Waals surface area contributed by atoms with E-state index in [9.17, 15) is 20.0 Å². The lowest BCUT2D eigenvalue weighted by molar-refractivity contribution is 0.0688. The van der Waals surface area contributed by atoms with Crippen LogP contribution in [0.4, 0.5) is 0 Å². The molecule has 3 aromatic heterocycles. The lowest BCUT2D eigenvalue weighted by Crippen LogP contribution is -2.22. The molecular formula is C35H33ClN6O6. The van der Waals surface area contributed by atoms with Crippen LogP contribution in [0.5, 0.6) is 17.6 Å². The van der Waals surface area contributed by atoms with E-state index in [0.717, 1.165) is 11.1 Å². The SMILES string of the molecule is COc1ccc(Cn2cc(CC(c3ccc(C#N)cc3)c3c(C(=O)O)nn(-c4cnc(OC)nc4OC)c3C(C)C)cc(Cl)c2=O)cc1. The van der Waals surface area contributed by atoms with Gasteiger partial charge in [-0.3, -0.25) is 4.79 Å². The van der Waals surface area contributed by atoms with Crippen LogP contribution in [0.3, 0.4) is 0 Å². The molecule has 0 spiro atoms. The number of benzene rings is 2. The van der Waals surface area contributed by atoms with Crippen LogP contribution >= 0.6 is 11.6 Å². The molecule has 12 nitrogen and oxygen atoms in total. The molecule has 1 unspecified atom stereocenters. The molecule has 0 radical (unpaired) electrons. The molecule has 0 saturated heterocycles. The van der Waals surface area contributed by atoms with Gasteiger partial charge in [-0.25, -0.2) is 14.5 Å². The molecule has 13 heteroatoms. The number of aromatic carboxylic acids is 1. The highest BCUT2D eigenvalue weighted by atomic mass is 35.5. The molecule has 0 aliphatic carbocycles. The van der Waals surface area contributed by atoms with Crippen molar-refractivity contribution in [3.8, 4) is 29.4 Å². The Labute approximate surface area is 281 Å². The largest absolute Gasteiger partial charge is 0.497 e. The van der Waals surface area contributed by atoms with Crippen LogP contribution in [0.2, 0.25) is 5.02 Å². The molecule has 246 valence electrons. The third-order valence-electron chi connectivity index (χ3n) is 7.87. The molecule has 0 amide bonds. The molecule has 0 bridgehead atoms. The fourth-order valence-electron chi connectivity index (χ4n) is 5.65. The lowest BCUT2D eigenvalue weighted by Gasteiger charge is -2.22. The number of carboxylic acid groups (broad SMARTS) is 1. The minimum absolute atomic E-state index is 0.0259. The number of hydrogen-bond acceptors (Lipinski definition) is 9. The van der Waals surface area contributed by atoms with E-state index in [1.807, 2.05) is 38.1 Å². The number of nitriles is 1. The van der Waals surface area contributed by atoms with Crippen molar-refractivity contribution in [2.24, 2.45) is 0 Å². The number of nitrogens with zero attached hydrogens (tertiary/aromatic N) is 6. The fourth-order valence-corrected chi connectivity index (χ4v) is 5.90. The second-order valence-corrected chi connectivity index (χ2v) is 11.6. The molecule has 48 heavy (non-hydrogen) atoms. The summed E-state index contributed by atoms with van der Waals surface area (Å²) in [6.45, 7) is 4.12. The van der Waals surface area contributed by atoms with Crippen LogP contribution in [0.15, 0.2) is 71.8 Å². The number of methoxy groups -OCH3 is 3. The minimum atomic E-state index is -1.24. The van der Waals surface area contributed by atoms with Crippen LogP contribution < -0.4 is 19.8 Å². The van der Waals surface area contributed by atoms with Crippen LogP contribution in [-0.2, 0) is 13.0 Å². The van der Waals surface area contributed by atoms with Crippen LogP contribution in [0.25, 0.3) is 5.69 Å². The average Bonchev–Trinajstić information content (AvgIpc) is 3.50. The first-order valence-electron chi connectivity index (χ1n) is 14.9. The molecule has 1 atom stereocenters. The normalized spacial score (nSPS) is 11.6. The highest BCUT2D eigenvalue weighted by molar-refractivity contribution is 6.30. The van der Waals surface area contributed by atoms with E-state index in [4.69, 9.17) is 25.8 Å². The molecule has 0 aliphatic rings. The Bertz CT molecular complexity index is 2050. The van der Waals surface area contributed by atoms with Gasteiger partial charge >= 0.3 is 12.0 Å². The predicted molar refractivity (Wildman–Crippen MR) is 178 cm³/mol. The maximum atomic E-state index is 13.1. The van der Waals surface area contributed by atoms with Gasteiger partial charge in [0.2, 0.25) is 5.88 Å². The van der Waals surface area contributed by atoms with E-state index in [1.54, 1.807) is 43.6 Å². The Morgan fingerprint density at radius 2 is 1.73 bits per heavy atom. The van der Waals surface area contributed by atoms with Gasteiger partial charge in [0.1, 0.15) is 16.5 Å². The zero-order valence-corrected chi connectivity index (χ0v) is 27.7. The van der Waals surface area contributed by atoms with E-state index >= 15 is 0 Å². The molecule has 1 N–H and O–H groups in total. The zero-order chi connectivity index (χ0) is 34.5. The Kier molecular flexibility index (Phi) is 10.1. The molecule has 0 saturated carbocycles. The van der Waals surface area contributed by atoms with Gasteiger partial charge in [0.15, 0.2) is 5.69 Å². The molecule has 0 fully saturated rings. The summed E-state index contributed by atoms with van der Waals surface area (Å²) in [6.07, 6.45) is 3.44. The fraction of sp³-hybridized carbons (Fsp3) is 0.257. The average molecular weight is 669 g/mol. The van der Waals surface area contributed by atoms with Crippen molar-refractivity contribution in [1.82, 2.24) is 24.3 Å². The topological polar surface area (TPSA) is 154 Å². The predicted octanol–water partition coefficient (Wildman–Crippen LogP) is 5.62. The first-order chi connectivity index (χ1) is 23.1. The Balaban J connectivity index is 1.71. The van der Waals surface area contributed by atoms with E-state index in [1.165, 1.54) is 29.7 Å². The number of halogens is 1. The van der Waals surface area contributed by atoms with Gasteiger partial charge in [-0.1, -0.05) is 49.7 Å². The number of aromatic nitrogens is 5.